The summed E-state index contributed by atoms with van der Waals surface area (Å²) in [4.78, 5) is 2.48. The number of likely N-dealkylation sites (N-methyl/N-ethyl adjacent to an activating group) is 1. The van der Waals surface area contributed by atoms with Gasteiger partial charge in [0.2, 0.25) is 0 Å². The molecule has 1 aliphatic rings. The van der Waals surface area contributed by atoms with Crippen LogP contribution in [0, 0.1) is 11.3 Å². The van der Waals surface area contributed by atoms with Crippen molar-refractivity contribution in [1.29, 1.82) is 5.26 Å². The lowest BCUT2D eigenvalue weighted by Crippen LogP contribution is -2.55. The Morgan fingerprint density at radius 1 is 1.38 bits per heavy atom. The third-order valence-electron chi connectivity index (χ3n) is 3.69. The highest BCUT2D eigenvalue weighted by Gasteiger charge is 2.32. The number of rotatable bonds is 4. The molecule has 1 rings (SSSR count). The highest BCUT2D eigenvalue weighted by atomic mass is 15.2. The minimum atomic E-state index is -0.408. The molecular weight excluding hydrogens is 198 g/mol. The van der Waals surface area contributed by atoms with Gasteiger partial charge < -0.3 is 0 Å². The summed E-state index contributed by atoms with van der Waals surface area (Å²) in [5.74, 6) is 0. The molecule has 0 aliphatic carbocycles. The van der Waals surface area contributed by atoms with E-state index in [0.717, 1.165) is 13.1 Å². The fourth-order valence-electron chi connectivity index (χ4n) is 2.67. The van der Waals surface area contributed by atoms with Crippen LogP contribution in [0.2, 0.25) is 0 Å². The molecule has 1 fully saturated rings. The van der Waals surface area contributed by atoms with E-state index in [2.05, 4.69) is 37.1 Å². The first kappa shape index (κ1) is 13.5. The van der Waals surface area contributed by atoms with E-state index < -0.39 is 5.54 Å². The van der Waals surface area contributed by atoms with Crippen molar-refractivity contribution in [2.75, 3.05) is 13.1 Å². The molecule has 0 saturated carbocycles. The van der Waals surface area contributed by atoms with E-state index in [0.29, 0.717) is 12.1 Å². The third kappa shape index (κ3) is 3.20. The molecule has 0 aromatic heterocycles. The van der Waals surface area contributed by atoms with Crippen molar-refractivity contribution in [2.45, 2.75) is 64.6 Å². The summed E-state index contributed by atoms with van der Waals surface area (Å²) in [6.07, 6.45) is 3.85. The summed E-state index contributed by atoms with van der Waals surface area (Å²) in [6.45, 7) is 10.3. The van der Waals surface area contributed by atoms with Gasteiger partial charge >= 0.3 is 0 Å². The van der Waals surface area contributed by atoms with E-state index in [9.17, 15) is 5.26 Å². The molecule has 1 unspecified atom stereocenters. The molecule has 0 bridgehead atoms. The molecule has 1 aliphatic heterocycles. The molecular formula is C13H25N3. The van der Waals surface area contributed by atoms with Crippen LogP contribution in [0.5, 0.6) is 0 Å². The first-order valence-corrected chi connectivity index (χ1v) is 6.44. The maximum atomic E-state index is 9.28. The Balaban J connectivity index is 2.66. The molecule has 1 N–H and O–H groups in total. The standard InChI is InChI=1S/C13H25N3/c1-5-15-13(4,9-14)10-16-11(2)7-6-8-12(16)3/h11-12,15H,5-8,10H2,1-4H3/t11-,12+,13?. The lowest BCUT2D eigenvalue weighted by molar-refractivity contribution is 0.0819. The van der Waals surface area contributed by atoms with E-state index in [4.69, 9.17) is 0 Å². The van der Waals surface area contributed by atoms with Crippen molar-refractivity contribution < 1.29 is 0 Å². The fourth-order valence-corrected chi connectivity index (χ4v) is 2.67. The zero-order valence-electron chi connectivity index (χ0n) is 11.1. The number of hydrogen-bond donors (Lipinski definition) is 1. The maximum Gasteiger partial charge on any atom is 0.116 e. The zero-order chi connectivity index (χ0) is 12.2. The third-order valence-corrected chi connectivity index (χ3v) is 3.69. The van der Waals surface area contributed by atoms with E-state index in [1.165, 1.54) is 19.3 Å². The number of hydrogen-bond acceptors (Lipinski definition) is 3. The number of likely N-dealkylation sites (tertiary alicyclic amines) is 1. The predicted molar refractivity (Wildman–Crippen MR) is 67.2 cm³/mol. The van der Waals surface area contributed by atoms with Crippen LogP contribution in [-0.4, -0.2) is 35.6 Å². The van der Waals surface area contributed by atoms with Crippen molar-refractivity contribution >= 4 is 0 Å². The average molecular weight is 223 g/mol. The summed E-state index contributed by atoms with van der Waals surface area (Å²) >= 11 is 0. The molecule has 3 atom stereocenters. The molecule has 0 aromatic rings. The van der Waals surface area contributed by atoms with Gasteiger partial charge in [0.1, 0.15) is 5.54 Å². The molecule has 16 heavy (non-hydrogen) atoms. The van der Waals surface area contributed by atoms with Gasteiger partial charge in [-0.1, -0.05) is 13.3 Å². The van der Waals surface area contributed by atoms with Gasteiger partial charge in [0, 0.05) is 18.6 Å². The molecule has 0 amide bonds. The molecule has 1 saturated heterocycles. The average Bonchev–Trinajstić information content (AvgIpc) is 2.24. The monoisotopic (exact) mass is 223 g/mol. The van der Waals surface area contributed by atoms with Gasteiger partial charge in [-0.05, 0) is 40.2 Å². The van der Waals surface area contributed by atoms with Crippen LogP contribution in [0.15, 0.2) is 0 Å². The molecule has 3 heteroatoms. The van der Waals surface area contributed by atoms with E-state index in [1.807, 2.05) is 6.92 Å². The lowest BCUT2D eigenvalue weighted by Gasteiger charge is -2.42. The van der Waals surface area contributed by atoms with Gasteiger partial charge in [0.15, 0.2) is 0 Å². The van der Waals surface area contributed by atoms with Crippen molar-refractivity contribution in [1.82, 2.24) is 10.2 Å². The Kier molecular flexibility index (Phi) is 4.76. The zero-order valence-corrected chi connectivity index (χ0v) is 11.1. The molecule has 0 radical (unpaired) electrons. The Hall–Kier alpha value is -0.590. The van der Waals surface area contributed by atoms with Gasteiger partial charge in [-0.2, -0.15) is 5.26 Å². The topological polar surface area (TPSA) is 39.1 Å². The lowest BCUT2D eigenvalue weighted by atomic mass is 9.94. The summed E-state index contributed by atoms with van der Waals surface area (Å²) < 4.78 is 0. The van der Waals surface area contributed by atoms with Crippen LogP contribution in [-0.2, 0) is 0 Å². The molecule has 0 spiro atoms. The molecule has 92 valence electrons. The minimum Gasteiger partial charge on any atom is -0.299 e. The highest BCUT2D eigenvalue weighted by molar-refractivity contribution is 5.06. The number of nitrogens with zero attached hydrogens (tertiary/aromatic N) is 2. The fraction of sp³-hybridized carbons (Fsp3) is 0.923. The van der Waals surface area contributed by atoms with Crippen LogP contribution in [0.1, 0.15) is 47.0 Å². The van der Waals surface area contributed by atoms with Crippen molar-refractivity contribution in [3.63, 3.8) is 0 Å². The quantitative estimate of drug-likeness (QED) is 0.793. The normalized spacial score (nSPS) is 30.7. The Morgan fingerprint density at radius 2 is 1.94 bits per heavy atom. The number of nitrogens with one attached hydrogen (secondary N) is 1. The van der Waals surface area contributed by atoms with Crippen LogP contribution in [0.4, 0.5) is 0 Å². The van der Waals surface area contributed by atoms with Crippen molar-refractivity contribution in [2.24, 2.45) is 0 Å². The van der Waals surface area contributed by atoms with E-state index in [1.54, 1.807) is 0 Å². The summed E-state index contributed by atoms with van der Waals surface area (Å²) in [6, 6.07) is 3.63. The molecule has 1 heterocycles. The van der Waals surface area contributed by atoms with E-state index in [-0.39, 0.29) is 0 Å². The SMILES string of the molecule is CCNC(C)(C#N)CN1[C@H](C)CCC[C@@H]1C. The largest absolute Gasteiger partial charge is 0.299 e. The first-order valence-electron chi connectivity index (χ1n) is 6.44. The molecule has 0 aromatic carbocycles. The second kappa shape index (κ2) is 5.65. The predicted octanol–water partition coefficient (Wildman–Crippen LogP) is 2.14. The van der Waals surface area contributed by atoms with Gasteiger partial charge in [-0.3, -0.25) is 10.2 Å². The number of nitriles is 1. The Labute approximate surface area is 99.8 Å². The highest BCUT2D eigenvalue weighted by Crippen LogP contribution is 2.24. The van der Waals surface area contributed by atoms with Crippen LogP contribution < -0.4 is 5.32 Å². The molecule has 3 nitrogen and oxygen atoms in total. The Bertz CT molecular complexity index is 248. The summed E-state index contributed by atoms with van der Waals surface area (Å²) in [5, 5.41) is 12.6. The maximum absolute atomic E-state index is 9.28. The second-order valence-corrected chi connectivity index (χ2v) is 5.28. The number of piperidine rings is 1. The smallest absolute Gasteiger partial charge is 0.116 e. The van der Waals surface area contributed by atoms with E-state index >= 15 is 0 Å². The Morgan fingerprint density at radius 3 is 2.38 bits per heavy atom. The second-order valence-electron chi connectivity index (χ2n) is 5.28. The van der Waals surface area contributed by atoms with Gasteiger partial charge in [-0.15, -0.1) is 0 Å². The van der Waals surface area contributed by atoms with Crippen molar-refractivity contribution in [3.8, 4) is 6.07 Å². The summed E-state index contributed by atoms with van der Waals surface area (Å²) in [5.41, 5.74) is -0.408. The van der Waals surface area contributed by atoms with Crippen molar-refractivity contribution in [3.05, 3.63) is 0 Å². The first-order chi connectivity index (χ1) is 7.52. The van der Waals surface area contributed by atoms with Gasteiger partial charge in [-0.25, -0.2) is 0 Å². The summed E-state index contributed by atoms with van der Waals surface area (Å²) in [7, 11) is 0. The van der Waals surface area contributed by atoms with Gasteiger partial charge in [0.05, 0.1) is 6.07 Å². The minimum absolute atomic E-state index is 0.408. The van der Waals surface area contributed by atoms with Crippen LogP contribution in [0.3, 0.4) is 0 Å². The van der Waals surface area contributed by atoms with Gasteiger partial charge in [0.25, 0.3) is 0 Å². The van der Waals surface area contributed by atoms with Crippen LogP contribution >= 0.6 is 0 Å². The van der Waals surface area contributed by atoms with Crippen LogP contribution in [0.25, 0.3) is 0 Å².